The summed E-state index contributed by atoms with van der Waals surface area (Å²) in [5, 5.41) is 2.67. The zero-order valence-electron chi connectivity index (χ0n) is 11.7. The van der Waals surface area contributed by atoms with Crippen LogP contribution in [0.25, 0.3) is 0 Å². The van der Waals surface area contributed by atoms with E-state index in [-0.39, 0.29) is 0 Å². The van der Waals surface area contributed by atoms with Crippen LogP contribution in [0.5, 0.6) is 0 Å². The average molecular weight is 278 g/mol. The Hall–Kier alpha value is -0.170. The lowest BCUT2D eigenvalue weighted by atomic mass is 10.5. The highest BCUT2D eigenvalue weighted by atomic mass is 32.2. The second-order valence-electron chi connectivity index (χ2n) is 5.00. The molecule has 0 aromatic rings. The van der Waals surface area contributed by atoms with Gasteiger partial charge < -0.3 is 10.1 Å². The van der Waals surface area contributed by atoms with E-state index in [1.165, 1.54) is 17.1 Å². The lowest BCUT2D eigenvalue weighted by Gasteiger charge is -2.22. The summed E-state index contributed by atoms with van der Waals surface area (Å²) in [6.07, 6.45) is 2.52. The molecule has 6 heteroatoms. The number of hydrogen-bond acceptors (Lipinski definition) is 4. The minimum Gasteiger partial charge on any atom is -0.380 e. The molecule has 0 spiro atoms. The molecule has 0 aliphatic heterocycles. The molecule has 1 unspecified atom stereocenters. The van der Waals surface area contributed by atoms with Crippen molar-refractivity contribution in [2.75, 3.05) is 39.9 Å². The Balaban J connectivity index is 2.25. The summed E-state index contributed by atoms with van der Waals surface area (Å²) in [5.41, 5.74) is 0. The number of likely N-dealkylation sites (N-methyl/N-ethyl adjacent to an activating group) is 1. The third kappa shape index (κ3) is 5.22. The molecule has 0 amide bonds. The summed E-state index contributed by atoms with van der Waals surface area (Å²) in [7, 11) is -1.58. The summed E-state index contributed by atoms with van der Waals surface area (Å²) in [4.78, 5) is 0. The minimum atomic E-state index is -3.21. The van der Waals surface area contributed by atoms with Gasteiger partial charge in [0.1, 0.15) is 0 Å². The Labute approximate surface area is 111 Å². The molecule has 18 heavy (non-hydrogen) atoms. The zero-order chi connectivity index (χ0) is 13.6. The van der Waals surface area contributed by atoms with Crippen LogP contribution in [-0.2, 0) is 14.8 Å². The van der Waals surface area contributed by atoms with E-state index < -0.39 is 15.3 Å². The highest BCUT2D eigenvalue weighted by Crippen LogP contribution is 2.28. The van der Waals surface area contributed by atoms with Gasteiger partial charge in [-0.3, -0.25) is 0 Å². The minimum absolute atomic E-state index is 0.397. The van der Waals surface area contributed by atoms with Crippen LogP contribution in [0.15, 0.2) is 0 Å². The first-order valence-electron chi connectivity index (χ1n) is 6.72. The predicted molar refractivity (Wildman–Crippen MR) is 73.1 cm³/mol. The third-order valence-corrected chi connectivity index (χ3v) is 5.46. The second-order valence-corrected chi connectivity index (χ2v) is 7.46. The van der Waals surface area contributed by atoms with Gasteiger partial charge in [0.05, 0.1) is 11.9 Å². The molecule has 5 nitrogen and oxygen atoms in total. The number of ether oxygens (including phenoxy) is 1. The number of sulfonamides is 1. The summed E-state index contributed by atoms with van der Waals surface area (Å²) < 4.78 is 31.1. The molecule has 0 aromatic carbocycles. The van der Waals surface area contributed by atoms with Gasteiger partial charge in [-0.25, -0.2) is 12.7 Å². The van der Waals surface area contributed by atoms with Crippen molar-refractivity contribution >= 4 is 10.0 Å². The molecule has 1 saturated carbocycles. The van der Waals surface area contributed by atoms with Gasteiger partial charge in [-0.1, -0.05) is 6.92 Å². The van der Waals surface area contributed by atoms with Crippen molar-refractivity contribution in [3.8, 4) is 0 Å². The Bertz CT molecular complexity index is 328. The van der Waals surface area contributed by atoms with Crippen molar-refractivity contribution in [2.45, 2.75) is 31.9 Å². The first kappa shape index (κ1) is 15.9. The maximum absolute atomic E-state index is 12.1. The lowest BCUT2D eigenvalue weighted by molar-refractivity contribution is 0.117. The Morgan fingerprint density at radius 1 is 1.44 bits per heavy atom. The van der Waals surface area contributed by atoms with E-state index in [0.717, 1.165) is 19.1 Å². The standard InChI is InChI=1S/C12H26N2O3S/c1-4-13-9-11(2)18(15,16)14(3)7-8-17-10-12-5-6-12/h11-13H,4-10H2,1-3H3. The van der Waals surface area contributed by atoms with Gasteiger partial charge in [-0.15, -0.1) is 0 Å². The molecule has 1 fully saturated rings. The van der Waals surface area contributed by atoms with Crippen molar-refractivity contribution in [1.29, 1.82) is 0 Å². The molecular formula is C12H26N2O3S. The van der Waals surface area contributed by atoms with E-state index in [4.69, 9.17) is 4.74 Å². The van der Waals surface area contributed by atoms with E-state index in [2.05, 4.69) is 5.32 Å². The monoisotopic (exact) mass is 278 g/mol. The van der Waals surface area contributed by atoms with Crippen LogP contribution in [-0.4, -0.2) is 57.9 Å². The van der Waals surface area contributed by atoms with Crippen LogP contribution in [0.4, 0.5) is 0 Å². The van der Waals surface area contributed by atoms with Crippen molar-refractivity contribution < 1.29 is 13.2 Å². The Morgan fingerprint density at radius 2 is 2.11 bits per heavy atom. The quantitative estimate of drug-likeness (QED) is 0.597. The highest BCUT2D eigenvalue weighted by molar-refractivity contribution is 7.89. The van der Waals surface area contributed by atoms with Gasteiger partial charge in [0.2, 0.25) is 10.0 Å². The SMILES string of the molecule is CCNCC(C)S(=O)(=O)N(C)CCOCC1CC1. The Morgan fingerprint density at radius 3 is 2.67 bits per heavy atom. The van der Waals surface area contributed by atoms with Crippen molar-refractivity contribution in [3.63, 3.8) is 0 Å². The molecule has 1 aliphatic rings. The average Bonchev–Trinajstić information content (AvgIpc) is 3.15. The predicted octanol–water partition coefficient (Wildman–Crippen LogP) is 0.673. The van der Waals surface area contributed by atoms with Crippen LogP contribution < -0.4 is 5.32 Å². The fourth-order valence-electron chi connectivity index (χ4n) is 1.61. The zero-order valence-corrected chi connectivity index (χ0v) is 12.5. The van der Waals surface area contributed by atoms with Crippen molar-refractivity contribution in [2.24, 2.45) is 5.92 Å². The van der Waals surface area contributed by atoms with Gasteiger partial charge in [-0.2, -0.15) is 0 Å². The van der Waals surface area contributed by atoms with Gasteiger partial charge in [-0.05, 0) is 32.2 Å². The number of rotatable bonds is 10. The molecular weight excluding hydrogens is 252 g/mol. The fourth-order valence-corrected chi connectivity index (χ4v) is 2.89. The molecule has 0 radical (unpaired) electrons. The summed E-state index contributed by atoms with van der Waals surface area (Å²) in [6.45, 7) is 6.68. The molecule has 108 valence electrons. The van der Waals surface area contributed by atoms with E-state index >= 15 is 0 Å². The van der Waals surface area contributed by atoms with Gasteiger partial charge >= 0.3 is 0 Å². The number of hydrogen-bond donors (Lipinski definition) is 1. The van der Waals surface area contributed by atoms with Gasteiger partial charge in [0, 0.05) is 26.7 Å². The van der Waals surface area contributed by atoms with E-state index in [9.17, 15) is 8.42 Å². The van der Waals surface area contributed by atoms with Crippen molar-refractivity contribution in [1.82, 2.24) is 9.62 Å². The van der Waals surface area contributed by atoms with E-state index in [1.807, 2.05) is 6.92 Å². The molecule has 1 rings (SSSR count). The summed E-state index contributed by atoms with van der Waals surface area (Å²) in [5.74, 6) is 0.722. The number of nitrogens with zero attached hydrogens (tertiary/aromatic N) is 1. The smallest absolute Gasteiger partial charge is 0.217 e. The first-order valence-corrected chi connectivity index (χ1v) is 8.22. The van der Waals surface area contributed by atoms with Gasteiger partial charge in [0.15, 0.2) is 0 Å². The normalized spacial score (nSPS) is 18.2. The molecule has 1 atom stereocenters. The summed E-state index contributed by atoms with van der Waals surface area (Å²) in [6, 6.07) is 0. The first-order chi connectivity index (χ1) is 8.48. The van der Waals surface area contributed by atoms with Crippen molar-refractivity contribution in [3.05, 3.63) is 0 Å². The lowest BCUT2D eigenvalue weighted by Crippen LogP contribution is -2.41. The molecule has 0 saturated heterocycles. The summed E-state index contributed by atoms with van der Waals surface area (Å²) >= 11 is 0. The van der Waals surface area contributed by atoms with Crippen LogP contribution in [0, 0.1) is 5.92 Å². The molecule has 1 aliphatic carbocycles. The van der Waals surface area contributed by atoms with Gasteiger partial charge in [0.25, 0.3) is 0 Å². The van der Waals surface area contributed by atoms with E-state index in [1.54, 1.807) is 14.0 Å². The van der Waals surface area contributed by atoms with E-state index in [0.29, 0.717) is 19.7 Å². The largest absolute Gasteiger partial charge is 0.380 e. The topological polar surface area (TPSA) is 58.6 Å². The van der Waals surface area contributed by atoms with Crippen LogP contribution in [0.3, 0.4) is 0 Å². The molecule has 0 bridgehead atoms. The highest BCUT2D eigenvalue weighted by Gasteiger charge is 2.25. The maximum atomic E-state index is 12.1. The fraction of sp³-hybridized carbons (Fsp3) is 1.00. The number of nitrogens with one attached hydrogen (secondary N) is 1. The van der Waals surface area contributed by atoms with Crippen LogP contribution in [0.1, 0.15) is 26.7 Å². The maximum Gasteiger partial charge on any atom is 0.217 e. The molecule has 0 heterocycles. The molecule has 0 aromatic heterocycles. The van der Waals surface area contributed by atoms with Crippen LogP contribution in [0.2, 0.25) is 0 Å². The molecule has 1 N–H and O–H groups in total. The Kier molecular flexibility index (Phi) is 6.55. The van der Waals surface area contributed by atoms with Crippen LogP contribution >= 0.6 is 0 Å². The second kappa shape index (κ2) is 7.43. The third-order valence-electron chi connectivity index (χ3n) is 3.23.